The van der Waals surface area contributed by atoms with Crippen LogP contribution in [0.15, 0.2) is 12.7 Å². The first-order chi connectivity index (χ1) is 1.41. The Bertz CT molecular complexity index is 11.4. The van der Waals surface area contributed by atoms with E-state index in [-0.39, 0.29) is 53.0 Å². The SMILES string of the molecule is C=C[CH2-].[CH3-].[CH3-].[Dy+3]. The minimum Gasteiger partial charge on any atom is -0.358 e. The molecule has 0 atom stereocenters. The van der Waals surface area contributed by atoms with Crippen molar-refractivity contribution in [3.63, 3.8) is 0 Å². The summed E-state index contributed by atoms with van der Waals surface area (Å²) in [6.07, 6.45) is 1.50. The summed E-state index contributed by atoms with van der Waals surface area (Å²) in [5.74, 6) is 0. The second-order valence-corrected chi connectivity index (χ2v) is 0.289. The van der Waals surface area contributed by atoms with Crippen molar-refractivity contribution in [3.05, 3.63) is 34.4 Å². The van der Waals surface area contributed by atoms with Gasteiger partial charge in [-0.05, 0) is 0 Å². The Kier molecular flexibility index (Phi) is 189. The summed E-state index contributed by atoms with van der Waals surface area (Å²) in [7, 11) is 0. The molecule has 0 aliphatic heterocycles. The Hall–Kier alpha value is 0.883. The molecule has 6 heavy (non-hydrogen) atoms. The maximum absolute atomic E-state index is 3.25. The average molecular weight is 234 g/mol. The van der Waals surface area contributed by atoms with Crippen molar-refractivity contribution in [3.8, 4) is 0 Å². The van der Waals surface area contributed by atoms with Gasteiger partial charge in [0, 0.05) is 0 Å². The minimum atomic E-state index is 0. The van der Waals surface area contributed by atoms with Gasteiger partial charge in [0.25, 0.3) is 0 Å². The summed E-state index contributed by atoms with van der Waals surface area (Å²) in [6, 6.07) is 0. The Morgan fingerprint density at radius 1 is 1.33 bits per heavy atom. The first-order valence-corrected chi connectivity index (χ1v) is 0.816. The van der Waals surface area contributed by atoms with E-state index in [0.29, 0.717) is 0 Å². The zero-order chi connectivity index (χ0) is 2.71. The molecule has 0 aromatic rings. The normalized spacial score (nSPS) is 2.00. The van der Waals surface area contributed by atoms with Gasteiger partial charge in [0.2, 0.25) is 0 Å². The first-order valence-electron chi connectivity index (χ1n) is 0.816. The summed E-state index contributed by atoms with van der Waals surface area (Å²) >= 11 is 0. The Balaban J connectivity index is -0.00000000667. The number of hydrogen-bond donors (Lipinski definition) is 0. The number of hydrogen-bond acceptors (Lipinski definition) is 0. The molecule has 41 valence electrons. The standard InChI is InChI=1S/C3H5.2CH3.Dy/c1-3-2;;;/h3H,1-2H2;2*1H3;/q3*-1;+3. The average Bonchev–Trinajstić information content (AvgIpc) is 0.918. The molecule has 0 fully saturated rings. The van der Waals surface area contributed by atoms with E-state index in [2.05, 4.69) is 13.5 Å². The van der Waals surface area contributed by atoms with Crippen LogP contribution in [0.3, 0.4) is 0 Å². The zero-order valence-corrected chi connectivity index (χ0v) is 6.34. The number of allylic oxidation sites excluding steroid dienone is 1. The van der Waals surface area contributed by atoms with Crippen LogP contribution in [0.2, 0.25) is 0 Å². The molecule has 1 radical (unpaired) electrons. The van der Waals surface area contributed by atoms with E-state index in [1.807, 2.05) is 0 Å². The molecule has 0 heterocycles. The predicted octanol–water partition coefficient (Wildman–Crippen LogP) is 1.91. The summed E-state index contributed by atoms with van der Waals surface area (Å²) < 4.78 is 0. The summed E-state index contributed by atoms with van der Waals surface area (Å²) in [5, 5.41) is 0. The molecule has 0 rings (SSSR count). The molecule has 0 saturated heterocycles. The van der Waals surface area contributed by atoms with E-state index >= 15 is 0 Å². The van der Waals surface area contributed by atoms with Gasteiger partial charge in [-0.3, -0.25) is 0 Å². The van der Waals surface area contributed by atoms with Crippen molar-refractivity contribution in [1.29, 1.82) is 0 Å². The summed E-state index contributed by atoms with van der Waals surface area (Å²) in [6.45, 7) is 6.50. The smallest absolute Gasteiger partial charge is 0.358 e. The fourth-order valence-electron chi connectivity index (χ4n) is 0. The van der Waals surface area contributed by atoms with Crippen molar-refractivity contribution >= 4 is 0 Å². The third kappa shape index (κ3) is 94.5. The van der Waals surface area contributed by atoms with Crippen molar-refractivity contribution in [2.75, 3.05) is 0 Å². The predicted molar refractivity (Wildman–Crippen MR) is 28.4 cm³/mol. The van der Waals surface area contributed by atoms with E-state index in [4.69, 9.17) is 0 Å². The fourth-order valence-corrected chi connectivity index (χ4v) is 0. The van der Waals surface area contributed by atoms with Crippen molar-refractivity contribution in [1.82, 2.24) is 0 Å². The quantitative estimate of drug-likeness (QED) is 0.561. The molecule has 0 N–H and O–H groups in total. The topological polar surface area (TPSA) is 0 Å². The van der Waals surface area contributed by atoms with Crippen LogP contribution < -0.4 is 0 Å². The maximum atomic E-state index is 3.25. The number of rotatable bonds is 0. The molecule has 0 nitrogen and oxygen atoms in total. The molecular weight excluding hydrogens is 223 g/mol. The van der Waals surface area contributed by atoms with Crippen LogP contribution in [0.4, 0.5) is 0 Å². The molecule has 0 spiro atoms. The van der Waals surface area contributed by atoms with Gasteiger partial charge in [-0.1, -0.05) is 0 Å². The van der Waals surface area contributed by atoms with E-state index in [1.54, 1.807) is 0 Å². The molecule has 0 saturated carbocycles. The van der Waals surface area contributed by atoms with Crippen LogP contribution in [-0.4, -0.2) is 0 Å². The van der Waals surface area contributed by atoms with E-state index in [0.717, 1.165) is 0 Å². The Labute approximate surface area is 72.0 Å². The van der Waals surface area contributed by atoms with Gasteiger partial charge in [0.05, 0.1) is 0 Å². The Morgan fingerprint density at radius 3 is 1.33 bits per heavy atom. The van der Waals surface area contributed by atoms with Gasteiger partial charge in [0.15, 0.2) is 0 Å². The first kappa shape index (κ1) is 28.7. The Morgan fingerprint density at radius 2 is 1.33 bits per heavy atom. The molecule has 0 unspecified atom stereocenters. The third-order valence-corrected chi connectivity index (χ3v) is 0. The van der Waals surface area contributed by atoms with Crippen LogP contribution in [0.1, 0.15) is 0 Å². The molecule has 1 heteroatoms. The van der Waals surface area contributed by atoms with E-state index in [1.165, 1.54) is 6.08 Å². The van der Waals surface area contributed by atoms with E-state index < -0.39 is 0 Å². The maximum Gasteiger partial charge on any atom is 3.00 e. The summed E-state index contributed by atoms with van der Waals surface area (Å²) in [5.41, 5.74) is 0. The van der Waals surface area contributed by atoms with Crippen LogP contribution in [-0.2, 0) is 0 Å². The van der Waals surface area contributed by atoms with Gasteiger partial charge in [-0.25, -0.2) is 19.6 Å². The van der Waals surface area contributed by atoms with Crippen molar-refractivity contribution in [2.45, 2.75) is 0 Å². The fraction of sp³-hybridized carbons (Fsp3) is 0. The van der Waals surface area contributed by atoms with Crippen LogP contribution >= 0.6 is 0 Å². The molecule has 0 aromatic carbocycles. The second kappa shape index (κ2) is 39.6. The monoisotopic (exact) mass is 235 g/mol. The minimum absolute atomic E-state index is 0. The molecular formula is C5H11Dy. The van der Waals surface area contributed by atoms with Crippen LogP contribution in [0.25, 0.3) is 0 Å². The van der Waals surface area contributed by atoms with Crippen molar-refractivity contribution in [2.24, 2.45) is 0 Å². The molecule has 0 aliphatic rings. The summed E-state index contributed by atoms with van der Waals surface area (Å²) in [4.78, 5) is 0. The van der Waals surface area contributed by atoms with E-state index in [9.17, 15) is 0 Å². The molecule has 0 aliphatic carbocycles. The van der Waals surface area contributed by atoms with Gasteiger partial charge in [-0.15, -0.1) is 0 Å². The van der Waals surface area contributed by atoms with Gasteiger partial charge in [0.1, 0.15) is 0 Å². The largest absolute Gasteiger partial charge is 3.00 e. The van der Waals surface area contributed by atoms with Crippen LogP contribution in [0, 0.1) is 60.0 Å². The van der Waals surface area contributed by atoms with Gasteiger partial charge in [-0.2, -0.15) is 0 Å². The van der Waals surface area contributed by atoms with Crippen molar-refractivity contribution < 1.29 is 38.2 Å². The molecule has 0 amide bonds. The molecule has 0 aromatic heterocycles. The van der Waals surface area contributed by atoms with Gasteiger partial charge >= 0.3 is 38.2 Å². The van der Waals surface area contributed by atoms with Crippen LogP contribution in [0.5, 0.6) is 0 Å². The third-order valence-electron chi connectivity index (χ3n) is 0. The molecule has 0 bridgehead atoms. The zero-order valence-electron chi connectivity index (χ0n) is 4.31. The second-order valence-electron chi connectivity index (χ2n) is 0.289. The van der Waals surface area contributed by atoms with Gasteiger partial charge < -0.3 is 14.9 Å².